The maximum Gasteiger partial charge on any atom is 0.265 e. The van der Waals surface area contributed by atoms with Crippen molar-refractivity contribution in [1.29, 1.82) is 0 Å². The average molecular weight is 450 g/mol. The molecule has 0 bridgehead atoms. The van der Waals surface area contributed by atoms with E-state index >= 15 is 0 Å². The molecule has 1 saturated heterocycles. The largest absolute Gasteiger partial charge is 0.337 e. The van der Waals surface area contributed by atoms with Crippen molar-refractivity contribution in [3.8, 4) is 5.13 Å². The Morgan fingerprint density at radius 2 is 1.90 bits per heavy atom. The minimum Gasteiger partial charge on any atom is -0.337 e. The molecule has 0 N–H and O–H groups in total. The number of thiazole rings is 1. The molecule has 0 saturated carbocycles. The second kappa shape index (κ2) is 7.93. The zero-order valence-corrected chi connectivity index (χ0v) is 18.2. The Morgan fingerprint density at radius 3 is 2.62 bits per heavy atom. The van der Waals surface area contributed by atoms with Crippen molar-refractivity contribution < 1.29 is 13.2 Å². The van der Waals surface area contributed by atoms with Crippen LogP contribution < -0.4 is 0 Å². The van der Waals surface area contributed by atoms with E-state index in [0.29, 0.717) is 39.3 Å². The van der Waals surface area contributed by atoms with Gasteiger partial charge in [-0.15, -0.1) is 0 Å². The molecule has 1 atom stereocenters. The molecule has 1 aliphatic rings. The number of carbonyl (C=O) groups excluding carboxylic acids is 1. The lowest BCUT2D eigenvalue weighted by molar-refractivity contribution is 0.0770. The number of nitrogens with zero attached hydrogens (tertiary/aromatic N) is 3. The molecule has 6 nitrogen and oxygen atoms in total. The lowest BCUT2D eigenvalue weighted by Crippen LogP contribution is -2.33. The van der Waals surface area contributed by atoms with E-state index in [0.717, 1.165) is 0 Å². The monoisotopic (exact) mass is 449 g/mol. The SMILES string of the molecule is Cc1nc(-n2cccc2)sc1C(=O)N1CC[C@@H](c2ccccc2Cl)S(=O)(=O)CC1. The second-order valence-corrected chi connectivity index (χ2v) is 10.6. The van der Waals surface area contributed by atoms with Gasteiger partial charge >= 0.3 is 0 Å². The molecule has 1 aromatic carbocycles. The summed E-state index contributed by atoms with van der Waals surface area (Å²) < 4.78 is 27.6. The number of hydrogen-bond acceptors (Lipinski definition) is 5. The van der Waals surface area contributed by atoms with Gasteiger partial charge in [0.05, 0.1) is 16.7 Å². The molecule has 1 aliphatic heterocycles. The highest BCUT2D eigenvalue weighted by Gasteiger charge is 2.34. The van der Waals surface area contributed by atoms with Crippen LogP contribution in [0.15, 0.2) is 48.8 Å². The van der Waals surface area contributed by atoms with E-state index in [2.05, 4.69) is 4.98 Å². The third-order valence-corrected chi connectivity index (χ3v) is 8.70. The molecule has 0 unspecified atom stereocenters. The van der Waals surface area contributed by atoms with Crippen LogP contribution >= 0.6 is 22.9 Å². The van der Waals surface area contributed by atoms with Crippen LogP contribution in [0.4, 0.5) is 0 Å². The van der Waals surface area contributed by atoms with Crippen molar-refractivity contribution in [2.75, 3.05) is 18.8 Å². The Bertz CT molecular complexity index is 1140. The number of aryl methyl sites for hydroxylation is 1. The van der Waals surface area contributed by atoms with Crippen molar-refractivity contribution >= 4 is 38.7 Å². The molecule has 3 heterocycles. The van der Waals surface area contributed by atoms with Crippen LogP contribution in [-0.2, 0) is 9.84 Å². The van der Waals surface area contributed by atoms with Gasteiger partial charge in [0, 0.05) is 30.5 Å². The number of aromatic nitrogens is 2. The van der Waals surface area contributed by atoms with Gasteiger partial charge in [-0.2, -0.15) is 0 Å². The van der Waals surface area contributed by atoms with Crippen LogP contribution in [0.5, 0.6) is 0 Å². The van der Waals surface area contributed by atoms with Crippen LogP contribution in [-0.4, -0.2) is 47.6 Å². The molecular weight excluding hydrogens is 430 g/mol. The fourth-order valence-corrected chi connectivity index (χ4v) is 6.68. The van der Waals surface area contributed by atoms with E-state index in [9.17, 15) is 13.2 Å². The summed E-state index contributed by atoms with van der Waals surface area (Å²) in [5.41, 5.74) is 1.26. The first-order valence-electron chi connectivity index (χ1n) is 9.23. The van der Waals surface area contributed by atoms with Gasteiger partial charge in [-0.25, -0.2) is 13.4 Å². The minimum absolute atomic E-state index is 0.0864. The topological polar surface area (TPSA) is 72.3 Å². The van der Waals surface area contributed by atoms with E-state index < -0.39 is 15.1 Å². The molecule has 1 fully saturated rings. The first-order valence-corrected chi connectivity index (χ1v) is 12.1. The minimum atomic E-state index is -3.42. The summed E-state index contributed by atoms with van der Waals surface area (Å²) in [6, 6.07) is 10.8. The second-order valence-electron chi connectivity index (χ2n) is 6.96. The average Bonchev–Trinajstić information content (AvgIpc) is 3.31. The van der Waals surface area contributed by atoms with Crippen LogP contribution in [0.3, 0.4) is 0 Å². The Labute approximate surface area is 178 Å². The lowest BCUT2D eigenvalue weighted by Gasteiger charge is -2.19. The van der Waals surface area contributed by atoms with E-state index in [1.807, 2.05) is 29.1 Å². The number of benzene rings is 1. The molecule has 0 spiro atoms. The molecule has 9 heteroatoms. The third kappa shape index (κ3) is 3.97. The van der Waals surface area contributed by atoms with Crippen molar-refractivity contribution in [3.63, 3.8) is 0 Å². The molecule has 0 aliphatic carbocycles. The molecule has 2 aromatic heterocycles. The molecule has 0 radical (unpaired) electrons. The molecule has 29 heavy (non-hydrogen) atoms. The van der Waals surface area contributed by atoms with Crippen molar-refractivity contribution in [3.05, 3.63) is 69.9 Å². The molecular formula is C20H20ClN3O3S2. The predicted molar refractivity (Wildman–Crippen MR) is 115 cm³/mol. The summed E-state index contributed by atoms with van der Waals surface area (Å²) in [4.78, 5) is 19.8. The zero-order valence-electron chi connectivity index (χ0n) is 15.8. The number of rotatable bonds is 3. The van der Waals surface area contributed by atoms with Gasteiger partial charge in [-0.3, -0.25) is 4.79 Å². The summed E-state index contributed by atoms with van der Waals surface area (Å²) in [5, 5.41) is 0.453. The summed E-state index contributed by atoms with van der Waals surface area (Å²) in [6.07, 6.45) is 4.07. The molecule has 1 amide bonds. The molecule has 4 rings (SSSR count). The number of amides is 1. The van der Waals surface area contributed by atoms with Gasteiger partial charge in [-0.1, -0.05) is 41.1 Å². The Hall–Kier alpha value is -2.16. The Balaban J connectivity index is 1.58. The number of hydrogen-bond donors (Lipinski definition) is 0. The summed E-state index contributed by atoms with van der Waals surface area (Å²) in [6.45, 7) is 2.32. The normalized spacial score (nSPS) is 19.1. The van der Waals surface area contributed by atoms with Gasteiger partial charge < -0.3 is 9.47 Å². The van der Waals surface area contributed by atoms with Gasteiger partial charge in [0.2, 0.25) is 0 Å². The predicted octanol–water partition coefficient (Wildman–Crippen LogP) is 3.90. The van der Waals surface area contributed by atoms with Crippen molar-refractivity contribution in [1.82, 2.24) is 14.5 Å². The maximum absolute atomic E-state index is 13.1. The van der Waals surface area contributed by atoms with E-state index in [4.69, 9.17) is 11.6 Å². The highest BCUT2D eigenvalue weighted by atomic mass is 35.5. The van der Waals surface area contributed by atoms with Crippen LogP contribution in [0.2, 0.25) is 5.02 Å². The fraction of sp³-hybridized carbons (Fsp3) is 0.300. The van der Waals surface area contributed by atoms with Crippen LogP contribution in [0, 0.1) is 6.92 Å². The van der Waals surface area contributed by atoms with Gasteiger partial charge in [0.15, 0.2) is 15.0 Å². The van der Waals surface area contributed by atoms with E-state index in [1.165, 1.54) is 11.3 Å². The Morgan fingerprint density at radius 1 is 1.17 bits per heavy atom. The van der Waals surface area contributed by atoms with Gasteiger partial charge in [-0.05, 0) is 37.1 Å². The van der Waals surface area contributed by atoms with Gasteiger partial charge in [0.25, 0.3) is 5.91 Å². The van der Waals surface area contributed by atoms with Crippen LogP contribution in [0.25, 0.3) is 5.13 Å². The highest BCUT2D eigenvalue weighted by Crippen LogP contribution is 2.34. The summed E-state index contributed by atoms with van der Waals surface area (Å²) in [7, 11) is -3.42. The van der Waals surface area contributed by atoms with Crippen LogP contribution in [0.1, 0.15) is 32.6 Å². The fourth-order valence-electron chi connectivity index (χ4n) is 3.53. The third-order valence-electron chi connectivity index (χ3n) is 5.08. The quantitative estimate of drug-likeness (QED) is 0.608. The maximum atomic E-state index is 13.1. The number of carbonyl (C=O) groups is 1. The Kier molecular flexibility index (Phi) is 5.50. The van der Waals surface area contributed by atoms with E-state index in [1.54, 1.807) is 36.1 Å². The zero-order chi connectivity index (χ0) is 20.6. The number of halogens is 1. The lowest BCUT2D eigenvalue weighted by atomic mass is 10.1. The number of sulfone groups is 1. The molecule has 3 aromatic rings. The summed E-state index contributed by atoms with van der Waals surface area (Å²) >= 11 is 7.57. The van der Waals surface area contributed by atoms with Crippen molar-refractivity contribution in [2.45, 2.75) is 18.6 Å². The van der Waals surface area contributed by atoms with Crippen molar-refractivity contribution in [2.24, 2.45) is 0 Å². The smallest absolute Gasteiger partial charge is 0.265 e. The summed E-state index contributed by atoms with van der Waals surface area (Å²) in [5.74, 6) is -0.259. The standard InChI is InChI=1S/C20H20ClN3O3S2/c1-14-18(28-20(22-14)24-9-4-5-10-24)19(25)23-11-8-17(29(26,27)13-12-23)15-6-2-3-7-16(15)21/h2-7,9-10,17H,8,11-13H2,1H3/t17-/m0/s1. The molecule has 152 valence electrons. The van der Waals surface area contributed by atoms with Gasteiger partial charge in [0.1, 0.15) is 4.88 Å². The van der Waals surface area contributed by atoms with E-state index in [-0.39, 0.29) is 18.2 Å². The first-order chi connectivity index (χ1) is 13.9. The highest BCUT2D eigenvalue weighted by molar-refractivity contribution is 7.91. The first kappa shape index (κ1) is 20.1.